The van der Waals surface area contributed by atoms with Gasteiger partial charge in [-0.1, -0.05) is 11.6 Å². The minimum Gasteiger partial charge on any atom is -0.390 e. The molecule has 15 heavy (non-hydrogen) atoms. The molecule has 0 fully saturated rings. The lowest BCUT2D eigenvalue weighted by Gasteiger charge is -2.14. The fraction of sp³-hybridized carbons (Fsp3) is 0.375. The van der Waals surface area contributed by atoms with Crippen LogP contribution in [0.3, 0.4) is 0 Å². The number of aliphatic hydroxyl groups is 1. The SMILES string of the molecule is OCC(F)(F)CNc1ncc(Br)cc1Cl. The molecule has 0 saturated carbocycles. The molecule has 0 unspecified atom stereocenters. The Hall–Kier alpha value is -0.460. The van der Waals surface area contributed by atoms with Crippen LogP contribution in [0.2, 0.25) is 5.02 Å². The molecule has 2 N–H and O–H groups in total. The van der Waals surface area contributed by atoms with Crippen LogP contribution >= 0.6 is 27.5 Å². The van der Waals surface area contributed by atoms with Crippen molar-refractivity contribution in [2.24, 2.45) is 0 Å². The molecule has 0 bridgehead atoms. The highest BCUT2D eigenvalue weighted by Gasteiger charge is 2.27. The van der Waals surface area contributed by atoms with Gasteiger partial charge in [-0.25, -0.2) is 13.8 Å². The highest BCUT2D eigenvalue weighted by Crippen LogP contribution is 2.23. The lowest BCUT2D eigenvalue weighted by molar-refractivity contribution is -0.0373. The number of anilines is 1. The van der Waals surface area contributed by atoms with Gasteiger partial charge in [0.2, 0.25) is 0 Å². The minimum absolute atomic E-state index is 0.160. The average molecular weight is 302 g/mol. The van der Waals surface area contributed by atoms with Gasteiger partial charge in [0, 0.05) is 10.7 Å². The van der Waals surface area contributed by atoms with Crippen LogP contribution in [-0.2, 0) is 0 Å². The van der Waals surface area contributed by atoms with Crippen LogP contribution in [0.4, 0.5) is 14.6 Å². The van der Waals surface area contributed by atoms with Crippen molar-refractivity contribution in [1.82, 2.24) is 4.98 Å². The van der Waals surface area contributed by atoms with Crippen LogP contribution in [0.5, 0.6) is 0 Å². The van der Waals surface area contributed by atoms with Crippen LogP contribution in [0.1, 0.15) is 0 Å². The highest BCUT2D eigenvalue weighted by molar-refractivity contribution is 9.10. The van der Waals surface area contributed by atoms with E-state index < -0.39 is 19.1 Å². The number of halogens is 4. The second-order valence-corrected chi connectivity index (χ2v) is 4.17. The Bertz CT molecular complexity index is 351. The standard InChI is InChI=1S/C8H8BrClF2N2O/c9-5-1-6(10)7(13-2-5)14-3-8(11,12)4-15/h1-2,15H,3-4H2,(H,13,14). The molecule has 1 heterocycles. The number of aromatic nitrogens is 1. The predicted octanol–water partition coefficient (Wildman–Crippen LogP) is 2.54. The van der Waals surface area contributed by atoms with Crippen molar-refractivity contribution >= 4 is 33.3 Å². The number of hydrogen-bond acceptors (Lipinski definition) is 3. The number of pyridine rings is 1. The summed E-state index contributed by atoms with van der Waals surface area (Å²) < 4.78 is 26.0. The minimum atomic E-state index is -3.18. The normalized spacial score (nSPS) is 11.5. The number of nitrogens with one attached hydrogen (secondary N) is 1. The van der Waals surface area contributed by atoms with Crippen molar-refractivity contribution in [3.63, 3.8) is 0 Å². The highest BCUT2D eigenvalue weighted by atomic mass is 79.9. The van der Waals surface area contributed by atoms with Gasteiger partial charge in [0.1, 0.15) is 12.4 Å². The Labute approximate surface area is 98.6 Å². The van der Waals surface area contributed by atoms with E-state index in [2.05, 4.69) is 26.2 Å². The third-order valence-corrected chi connectivity index (χ3v) is 2.28. The van der Waals surface area contributed by atoms with Gasteiger partial charge in [0.15, 0.2) is 0 Å². The van der Waals surface area contributed by atoms with E-state index in [-0.39, 0.29) is 10.8 Å². The van der Waals surface area contributed by atoms with Crippen molar-refractivity contribution in [3.8, 4) is 0 Å². The van der Waals surface area contributed by atoms with Crippen molar-refractivity contribution in [3.05, 3.63) is 21.8 Å². The van der Waals surface area contributed by atoms with Gasteiger partial charge in [0.05, 0.1) is 11.6 Å². The van der Waals surface area contributed by atoms with Gasteiger partial charge in [0.25, 0.3) is 5.92 Å². The summed E-state index contributed by atoms with van der Waals surface area (Å²) in [5.41, 5.74) is 0. The number of hydrogen-bond donors (Lipinski definition) is 2. The first-order valence-corrected chi connectivity index (χ1v) is 5.15. The summed E-state index contributed by atoms with van der Waals surface area (Å²) in [4.78, 5) is 3.81. The van der Waals surface area contributed by atoms with Gasteiger partial charge in [-0.05, 0) is 22.0 Å². The molecule has 0 aromatic carbocycles. The first-order chi connectivity index (χ1) is 6.94. The van der Waals surface area contributed by atoms with Crippen LogP contribution in [-0.4, -0.2) is 29.2 Å². The zero-order valence-corrected chi connectivity index (χ0v) is 9.82. The maximum absolute atomic E-state index is 12.7. The van der Waals surface area contributed by atoms with E-state index in [0.29, 0.717) is 4.47 Å². The molecule has 84 valence electrons. The second-order valence-electron chi connectivity index (χ2n) is 2.85. The quantitative estimate of drug-likeness (QED) is 0.898. The maximum atomic E-state index is 12.7. The van der Waals surface area contributed by atoms with E-state index in [0.717, 1.165) is 0 Å². The molecule has 1 aromatic rings. The fourth-order valence-electron chi connectivity index (χ4n) is 0.814. The van der Waals surface area contributed by atoms with Crippen molar-refractivity contribution < 1.29 is 13.9 Å². The molecule has 0 amide bonds. The summed E-state index contributed by atoms with van der Waals surface area (Å²) in [5.74, 6) is -3.02. The molecule has 0 atom stereocenters. The molecule has 0 aliphatic carbocycles. The third kappa shape index (κ3) is 3.89. The van der Waals surface area contributed by atoms with Gasteiger partial charge < -0.3 is 10.4 Å². The zero-order chi connectivity index (χ0) is 11.5. The topological polar surface area (TPSA) is 45.1 Å². The zero-order valence-electron chi connectivity index (χ0n) is 7.48. The molecule has 0 saturated heterocycles. The molecule has 0 radical (unpaired) electrons. The Morgan fingerprint density at radius 2 is 2.27 bits per heavy atom. The number of rotatable bonds is 4. The molecule has 0 aliphatic heterocycles. The van der Waals surface area contributed by atoms with E-state index in [1.54, 1.807) is 0 Å². The molecule has 1 rings (SSSR count). The summed E-state index contributed by atoms with van der Waals surface area (Å²) in [5, 5.41) is 10.9. The van der Waals surface area contributed by atoms with Gasteiger partial charge >= 0.3 is 0 Å². The Morgan fingerprint density at radius 3 is 2.80 bits per heavy atom. The second kappa shape index (κ2) is 5.05. The van der Waals surface area contributed by atoms with Crippen molar-refractivity contribution in [2.45, 2.75) is 5.92 Å². The molecule has 1 aromatic heterocycles. The molecule has 0 aliphatic rings. The number of aliphatic hydroxyl groups excluding tert-OH is 1. The van der Waals surface area contributed by atoms with Gasteiger partial charge in [-0.15, -0.1) is 0 Å². The first-order valence-electron chi connectivity index (χ1n) is 3.98. The Balaban J connectivity index is 2.66. The molecular formula is C8H8BrClF2N2O. The molecular weight excluding hydrogens is 293 g/mol. The summed E-state index contributed by atoms with van der Waals surface area (Å²) in [7, 11) is 0. The van der Waals surface area contributed by atoms with Crippen LogP contribution < -0.4 is 5.32 Å². The number of nitrogens with zero attached hydrogens (tertiary/aromatic N) is 1. The van der Waals surface area contributed by atoms with E-state index in [4.69, 9.17) is 16.7 Å². The third-order valence-electron chi connectivity index (χ3n) is 1.55. The lowest BCUT2D eigenvalue weighted by Crippen LogP contribution is -2.31. The monoisotopic (exact) mass is 300 g/mol. The van der Waals surface area contributed by atoms with Crippen LogP contribution in [0.15, 0.2) is 16.7 Å². The number of alkyl halides is 2. The van der Waals surface area contributed by atoms with Crippen LogP contribution in [0.25, 0.3) is 0 Å². The van der Waals surface area contributed by atoms with E-state index in [1.165, 1.54) is 12.3 Å². The predicted molar refractivity (Wildman–Crippen MR) is 57.5 cm³/mol. The van der Waals surface area contributed by atoms with E-state index >= 15 is 0 Å². The maximum Gasteiger partial charge on any atom is 0.287 e. The Kier molecular flexibility index (Phi) is 4.24. The van der Waals surface area contributed by atoms with Gasteiger partial charge in [-0.3, -0.25) is 0 Å². The summed E-state index contributed by atoms with van der Waals surface area (Å²) >= 11 is 8.88. The summed E-state index contributed by atoms with van der Waals surface area (Å²) in [6.45, 7) is -1.92. The lowest BCUT2D eigenvalue weighted by atomic mass is 10.3. The molecule has 0 spiro atoms. The van der Waals surface area contributed by atoms with Crippen molar-refractivity contribution in [2.75, 3.05) is 18.5 Å². The fourth-order valence-corrected chi connectivity index (χ4v) is 1.51. The van der Waals surface area contributed by atoms with Gasteiger partial charge in [-0.2, -0.15) is 0 Å². The smallest absolute Gasteiger partial charge is 0.287 e. The van der Waals surface area contributed by atoms with Crippen LogP contribution in [0, 0.1) is 0 Å². The summed E-state index contributed by atoms with van der Waals surface area (Å²) in [6, 6.07) is 1.54. The molecule has 3 nitrogen and oxygen atoms in total. The van der Waals surface area contributed by atoms with Crippen molar-refractivity contribution in [1.29, 1.82) is 0 Å². The van der Waals surface area contributed by atoms with E-state index in [1.807, 2.05) is 0 Å². The average Bonchev–Trinajstić information content (AvgIpc) is 2.16. The largest absolute Gasteiger partial charge is 0.390 e. The van der Waals surface area contributed by atoms with E-state index in [9.17, 15) is 8.78 Å². The Morgan fingerprint density at radius 1 is 1.60 bits per heavy atom. The first kappa shape index (κ1) is 12.6. The summed E-state index contributed by atoms with van der Waals surface area (Å²) in [6.07, 6.45) is 1.44. The molecule has 7 heteroatoms.